The zero-order valence-electron chi connectivity index (χ0n) is 8.64. The summed E-state index contributed by atoms with van der Waals surface area (Å²) in [5.74, 6) is 0. The molecule has 0 aromatic heterocycles. The van der Waals surface area contributed by atoms with Crippen molar-refractivity contribution in [2.45, 2.75) is 0 Å². The molecule has 4 nitrogen and oxygen atoms in total. The van der Waals surface area contributed by atoms with Crippen molar-refractivity contribution in [2.24, 2.45) is 0 Å². The molecule has 0 heterocycles. The number of hydrogen-bond donors (Lipinski definition) is 0. The monoisotopic (exact) mass is 743 g/mol. The molecule has 0 spiro atoms. The van der Waals surface area contributed by atoms with E-state index in [1.54, 1.807) is 0 Å². The Hall–Kier alpha value is 6.60. The van der Waals surface area contributed by atoms with Gasteiger partial charge in [-0.25, -0.2) is 0 Å². The Bertz CT molecular complexity index is 234. The van der Waals surface area contributed by atoms with Gasteiger partial charge in [-0.3, -0.25) is 0 Å². The van der Waals surface area contributed by atoms with E-state index in [1.807, 2.05) is 0 Å². The van der Waals surface area contributed by atoms with Crippen molar-refractivity contribution in [3.8, 4) is 0 Å². The van der Waals surface area contributed by atoms with E-state index in [-0.39, 0.29) is 118 Å². The summed E-state index contributed by atoms with van der Waals surface area (Å²) in [6.07, 6.45) is 0. The van der Waals surface area contributed by atoms with Crippen LogP contribution in [0, 0.1) is 0 Å². The second-order valence-corrected chi connectivity index (χ2v) is 56.0. The quantitative estimate of drug-likeness (QED) is 0.231. The first-order valence-electron chi connectivity index (χ1n) is 1.42. The SMILES string of the molecule is [Cl][Ir-2]([Cl])([Cl])([Cl])([Cl])[Cl].[Na+].[Na+].[Na+].[Na+].[O]=[W](=[O])([O-])[O-]. The molecule has 0 saturated carbocycles. The topological polar surface area (TPSA) is 80.3 Å². The Morgan fingerprint density at radius 3 is 0.688 bits per heavy atom. The van der Waals surface area contributed by atoms with E-state index in [0.717, 1.165) is 0 Å². The van der Waals surface area contributed by atoms with Crippen LogP contribution in [0.4, 0.5) is 0 Å². The fraction of sp³-hybridized carbons (Fsp3) is 0. The van der Waals surface area contributed by atoms with Crippen LogP contribution >= 0.6 is 57.5 Å². The van der Waals surface area contributed by atoms with Crippen LogP contribution < -0.4 is 126 Å². The molecule has 85 valence electrons. The molecule has 0 fully saturated rings. The zero-order chi connectivity index (χ0) is 10.9. The molecule has 0 aliphatic rings. The summed E-state index contributed by atoms with van der Waals surface area (Å²) in [6.45, 7) is -5.33. The second kappa shape index (κ2) is 12.0. The van der Waals surface area contributed by atoms with Gasteiger partial charge in [0.05, 0.1) is 0 Å². The predicted molar refractivity (Wildman–Crippen MR) is 36.5 cm³/mol. The van der Waals surface area contributed by atoms with Gasteiger partial charge in [0.2, 0.25) is 0 Å². The van der Waals surface area contributed by atoms with E-state index < -0.39 is 23.6 Å². The molecule has 0 saturated heterocycles. The maximum atomic E-state index is 8.65. The normalized spacial score (nSPS) is 13.8. The van der Waals surface area contributed by atoms with E-state index in [1.165, 1.54) is 0 Å². The van der Waals surface area contributed by atoms with Crippen molar-refractivity contribution >= 4 is 57.5 Å². The van der Waals surface area contributed by atoms with E-state index in [4.69, 9.17) is 71.8 Å². The molecule has 16 heteroatoms. The Morgan fingerprint density at radius 1 is 0.688 bits per heavy atom. The summed E-state index contributed by atoms with van der Waals surface area (Å²) in [5, 5.41) is 0. The molecule has 0 unspecified atom stereocenters. The summed E-state index contributed by atoms with van der Waals surface area (Å²) >= 11 is -6.17. The summed E-state index contributed by atoms with van der Waals surface area (Å²) < 4.78 is 34.6. The minimum atomic E-state index is -6.17. The van der Waals surface area contributed by atoms with Gasteiger partial charge in [-0.05, 0) is 0 Å². The Labute approximate surface area is 208 Å². The fourth-order valence-corrected chi connectivity index (χ4v) is 0. The number of hydrogen-bond acceptors (Lipinski definition) is 4. The van der Waals surface area contributed by atoms with Gasteiger partial charge in [0.15, 0.2) is 0 Å². The van der Waals surface area contributed by atoms with Gasteiger partial charge in [0, 0.05) is 0 Å². The first kappa shape index (κ1) is 38.3. The molecule has 0 atom stereocenters. The van der Waals surface area contributed by atoms with Crippen molar-refractivity contribution in [1.82, 2.24) is 0 Å². The van der Waals surface area contributed by atoms with Crippen molar-refractivity contribution in [3.63, 3.8) is 0 Å². The summed E-state index contributed by atoms with van der Waals surface area (Å²) in [5.41, 5.74) is 0. The van der Waals surface area contributed by atoms with Crippen LogP contribution in [0.15, 0.2) is 0 Å². The van der Waals surface area contributed by atoms with Crippen LogP contribution in [0.25, 0.3) is 0 Å². The molecule has 0 aromatic carbocycles. The zero-order valence-corrected chi connectivity index (χ0v) is 26.5. The molecule has 16 heavy (non-hydrogen) atoms. The van der Waals surface area contributed by atoms with Crippen LogP contribution in [-0.4, -0.2) is 0 Å². The van der Waals surface area contributed by atoms with E-state index in [9.17, 15) is 0 Å². The first-order valence-corrected chi connectivity index (χ1v) is 24.0. The van der Waals surface area contributed by atoms with E-state index >= 15 is 0 Å². The Kier molecular flexibility index (Phi) is 28.8. The van der Waals surface area contributed by atoms with Crippen LogP contribution in [0.5, 0.6) is 0 Å². The van der Waals surface area contributed by atoms with Crippen molar-refractivity contribution in [3.05, 3.63) is 0 Å². The third-order valence-electron chi connectivity index (χ3n) is 0. The minimum absolute atomic E-state index is 0. The van der Waals surface area contributed by atoms with Crippen LogP contribution in [0.3, 0.4) is 0 Å². The molecule has 0 bridgehead atoms. The second-order valence-electron chi connectivity index (χ2n) is 1.12. The van der Waals surface area contributed by atoms with Crippen LogP contribution in [0.2, 0.25) is 0 Å². The Balaban J connectivity index is -0.0000000258. The molecular weight excluding hydrogens is 745 g/mol. The first-order chi connectivity index (χ1) is 4.45. The number of rotatable bonds is 0. The molecular formula is Cl6IrNa4O4W. The fourth-order valence-electron chi connectivity index (χ4n) is 0. The molecule has 0 radical (unpaired) electrons. The van der Waals surface area contributed by atoms with Gasteiger partial charge in [0.1, 0.15) is 0 Å². The average molecular weight is 745 g/mol. The molecule has 0 amide bonds. The summed E-state index contributed by atoms with van der Waals surface area (Å²) in [4.78, 5) is 0. The third kappa shape index (κ3) is 182. The molecule has 0 rings (SSSR count). The number of halogens is 6. The van der Waals surface area contributed by atoms with E-state index in [2.05, 4.69) is 0 Å². The van der Waals surface area contributed by atoms with Gasteiger partial charge >= 0.3 is 214 Å². The molecule has 0 N–H and O–H groups in total. The van der Waals surface area contributed by atoms with Crippen LogP contribution in [0.1, 0.15) is 0 Å². The van der Waals surface area contributed by atoms with Gasteiger partial charge in [-0.2, -0.15) is 0 Å². The van der Waals surface area contributed by atoms with Gasteiger partial charge in [-0.15, -0.1) is 0 Å². The van der Waals surface area contributed by atoms with Crippen molar-refractivity contribution < 1.29 is 156 Å². The Morgan fingerprint density at radius 2 is 0.688 bits per heavy atom. The van der Waals surface area contributed by atoms with Gasteiger partial charge in [-0.1, -0.05) is 0 Å². The molecule has 0 aliphatic carbocycles. The van der Waals surface area contributed by atoms with Gasteiger partial charge in [0.25, 0.3) is 0 Å². The average Bonchev–Trinajstić information content (AvgIpc) is 1.04. The summed E-state index contributed by atoms with van der Waals surface area (Å²) in [7, 11) is 30.3. The third-order valence-corrected chi connectivity index (χ3v) is 0. The van der Waals surface area contributed by atoms with E-state index in [0.29, 0.717) is 0 Å². The molecule has 0 aromatic rings. The standard InChI is InChI=1S/6ClH.Ir.4Na.4O.W/h6*1H;;;;;;;;;;/q;;;;;;+4;4*+1;;;2*-1;/p-6. The molecule has 0 aliphatic heterocycles. The predicted octanol–water partition coefficient (Wildman–Crippen LogP) is -10.5. The summed E-state index contributed by atoms with van der Waals surface area (Å²) in [6, 6.07) is 0. The van der Waals surface area contributed by atoms with Crippen LogP contribution in [-0.2, 0) is 30.3 Å². The van der Waals surface area contributed by atoms with Crippen molar-refractivity contribution in [1.29, 1.82) is 0 Å². The maximum absolute atomic E-state index is 8.65. The van der Waals surface area contributed by atoms with Crippen molar-refractivity contribution in [2.75, 3.05) is 0 Å². The van der Waals surface area contributed by atoms with Gasteiger partial charge < -0.3 is 0 Å².